The van der Waals surface area contributed by atoms with Gasteiger partial charge in [-0.1, -0.05) is 0 Å². The molecule has 14 heavy (non-hydrogen) atoms. The zero-order valence-corrected chi connectivity index (χ0v) is 8.67. The molecule has 0 saturated heterocycles. The van der Waals surface area contributed by atoms with Crippen molar-refractivity contribution in [2.24, 2.45) is 5.18 Å². The van der Waals surface area contributed by atoms with Gasteiger partial charge in [0.2, 0.25) is 0 Å². The second kappa shape index (κ2) is 4.76. The number of rotatable bonds is 4. The maximum absolute atomic E-state index is 10.1. The summed E-state index contributed by atoms with van der Waals surface area (Å²) in [5.74, 6) is 0.723. The van der Waals surface area contributed by atoms with E-state index < -0.39 is 0 Å². The predicted octanol–water partition coefficient (Wildman–Crippen LogP) is 1.65. The van der Waals surface area contributed by atoms with Crippen molar-refractivity contribution in [1.29, 1.82) is 0 Å². The van der Waals surface area contributed by atoms with Crippen LogP contribution in [0.5, 0.6) is 0 Å². The number of ether oxygens (including phenoxy) is 1. The molecule has 5 nitrogen and oxygen atoms in total. The summed E-state index contributed by atoms with van der Waals surface area (Å²) in [6, 6.07) is 0. The average molecular weight is 197 g/mol. The summed E-state index contributed by atoms with van der Waals surface area (Å²) in [5, 5.41) is 2.75. The minimum Gasteiger partial charge on any atom is -0.358 e. The number of hydrogen-bond donors (Lipinski definition) is 0. The largest absolute Gasteiger partial charge is 0.358 e. The summed E-state index contributed by atoms with van der Waals surface area (Å²) in [6.45, 7) is 4.36. The highest BCUT2D eigenvalue weighted by Gasteiger charge is 2.16. The molecule has 1 heterocycles. The molecule has 0 amide bonds. The lowest BCUT2D eigenvalue weighted by molar-refractivity contribution is 0.0231. The molecule has 1 rings (SSSR count). The third kappa shape index (κ3) is 2.56. The standard InChI is InChI=1S/C9H15N3O2/c1-8(2)14-7-12-5-4-11(3)9(12)6-10-13/h4-6,8H,7H2,1-3H3/b9-6+. The first-order valence-electron chi connectivity index (χ1n) is 4.47. The van der Waals surface area contributed by atoms with Crippen LogP contribution in [0.1, 0.15) is 13.8 Å². The Bertz CT molecular complexity index is 261. The van der Waals surface area contributed by atoms with Gasteiger partial charge in [-0.2, -0.15) is 0 Å². The Kier molecular flexibility index (Phi) is 3.64. The Morgan fingerprint density at radius 1 is 1.57 bits per heavy atom. The highest BCUT2D eigenvalue weighted by molar-refractivity contribution is 5.12. The lowest BCUT2D eigenvalue weighted by Gasteiger charge is -2.21. The van der Waals surface area contributed by atoms with Crippen LogP contribution in [0.25, 0.3) is 0 Å². The van der Waals surface area contributed by atoms with Gasteiger partial charge in [0.05, 0.1) is 6.10 Å². The fourth-order valence-corrected chi connectivity index (χ4v) is 1.09. The van der Waals surface area contributed by atoms with E-state index in [9.17, 15) is 4.91 Å². The maximum Gasteiger partial charge on any atom is 0.136 e. The van der Waals surface area contributed by atoms with Gasteiger partial charge in [0.15, 0.2) is 0 Å². The van der Waals surface area contributed by atoms with Crippen molar-refractivity contribution in [1.82, 2.24) is 9.80 Å². The molecule has 1 aliphatic rings. The first-order chi connectivity index (χ1) is 6.65. The van der Waals surface area contributed by atoms with E-state index in [1.807, 2.05) is 43.1 Å². The molecule has 0 fully saturated rings. The first kappa shape index (κ1) is 10.7. The SMILES string of the molecule is CC(C)OCN1C=CN(C)/C1=C\N=O. The van der Waals surface area contributed by atoms with E-state index in [1.165, 1.54) is 6.20 Å². The quantitative estimate of drug-likeness (QED) is 0.643. The molecular weight excluding hydrogens is 182 g/mol. The van der Waals surface area contributed by atoms with Crippen LogP contribution in [0.2, 0.25) is 0 Å². The molecule has 0 unspecified atom stereocenters. The fraction of sp³-hybridized carbons (Fsp3) is 0.556. The number of hydrogen-bond acceptors (Lipinski definition) is 5. The van der Waals surface area contributed by atoms with E-state index in [2.05, 4.69) is 5.18 Å². The maximum atomic E-state index is 10.1. The van der Waals surface area contributed by atoms with Gasteiger partial charge in [0.1, 0.15) is 18.8 Å². The van der Waals surface area contributed by atoms with Crippen LogP contribution in [0.3, 0.4) is 0 Å². The Hall–Kier alpha value is -1.36. The average Bonchev–Trinajstić information content (AvgIpc) is 2.46. The summed E-state index contributed by atoms with van der Waals surface area (Å²) in [4.78, 5) is 13.8. The Balaban J connectivity index is 2.56. The van der Waals surface area contributed by atoms with Crippen LogP contribution >= 0.6 is 0 Å². The third-order valence-corrected chi connectivity index (χ3v) is 1.84. The number of nitrogens with zero attached hydrogens (tertiary/aromatic N) is 3. The molecule has 0 aliphatic carbocycles. The molecule has 0 radical (unpaired) electrons. The van der Waals surface area contributed by atoms with Gasteiger partial charge >= 0.3 is 0 Å². The normalized spacial score (nSPS) is 18.7. The Morgan fingerprint density at radius 2 is 2.29 bits per heavy atom. The summed E-state index contributed by atoms with van der Waals surface area (Å²) >= 11 is 0. The summed E-state index contributed by atoms with van der Waals surface area (Å²) in [5.41, 5.74) is 0. The van der Waals surface area contributed by atoms with Crippen LogP contribution in [0, 0.1) is 4.91 Å². The molecule has 0 aromatic carbocycles. The van der Waals surface area contributed by atoms with Crippen molar-refractivity contribution < 1.29 is 4.74 Å². The molecule has 1 aliphatic heterocycles. The topological polar surface area (TPSA) is 45.1 Å². The van der Waals surface area contributed by atoms with Gasteiger partial charge in [-0.05, 0) is 19.0 Å². The minimum absolute atomic E-state index is 0.166. The van der Waals surface area contributed by atoms with Crippen molar-refractivity contribution in [3.05, 3.63) is 29.3 Å². The molecule has 78 valence electrons. The molecule has 0 aromatic heterocycles. The van der Waals surface area contributed by atoms with Gasteiger partial charge in [0.25, 0.3) is 0 Å². The molecule has 5 heteroatoms. The fourth-order valence-electron chi connectivity index (χ4n) is 1.09. The van der Waals surface area contributed by atoms with E-state index in [0.717, 1.165) is 5.82 Å². The van der Waals surface area contributed by atoms with E-state index in [4.69, 9.17) is 4.74 Å². The van der Waals surface area contributed by atoms with E-state index in [-0.39, 0.29) is 6.10 Å². The van der Waals surface area contributed by atoms with Gasteiger partial charge in [-0.15, -0.1) is 4.91 Å². The van der Waals surface area contributed by atoms with Crippen LogP contribution in [-0.2, 0) is 4.74 Å². The number of nitroso groups, excluding NO2 is 1. The molecule has 0 aromatic rings. The smallest absolute Gasteiger partial charge is 0.136 e. The van der Waals surface area contributed by atoms with E-state index >= 15 is 0 Å². The lowest BCUT2D eigenvalue weighted by atomic mass is 10.5. The van der Waals surface area contributed by atoms with Crippen molar-refractivity contribution >= 4 is 0 Å². The second-order valence-electron chi connectivity index (χ2n) is 3.32. The van der Waals surface area contributed by atoms with Gasteiger partial charge in [0, 0.05) is 19.4 Å². The van der Waals surface area contributed by atoms with Crippen LogP contribution < -0.4 is 0 Å². The molecular formula is C9H15N3O2. The molecule has 0 spiro atoms. The Labute approximate surface area is 83.6 Å². The Morgan fingerprint density at radius 3 is 2.86 bits per heavy atom. The highest BCUT2D eigenvalue weighted by atomic mass is 16.5. The molecule has 0 bridgehead atoms. The van der Waals surface area contributed by atoms with Crippen LogP contribution in [0.15, 0.2) is 29.6 Å². The van der Waals surface area contributed by atoms with Gasteiger partial charge in [-0.3, -0.25) is 0 Å². The van der Waals surface area contributed by atoms with Crippen molar-refractivity contribution in [3.8, 4) is 0 Å². The lowest BCUT2D eigenvalue weighted by Crippen LogP contribution is -2.24. The molecule has 0 N–H and O–H groups in total. The molecule has 0 atom stereocenters. The van der Waals surface area contributed by atoms with Crippen molar-refractivity contribution in [2.75, 3.05) is 13.8 Å². The van der Waals surface area contributed by atoms with Crippen LogP contribution in [0.4, 0.5) is 0 Å². The molecule has 0 saturated carbocycles. The zero-order valence-electron chi connectivity index (χ0n) is 8.67. The summed E-state index contributed by atoms with van der Waals surface area (Å²) in [7, 11) is 1.85. The highest BCUT2D eigenvalue weighted by Crippen LogP contribution is 2.17. The first-order valence-corrected chi connectivity index (χ1v) is 4.47. The van der Waals surface area contributed by atoms with Crippen molar-refractivity contribution in [2.45, 2.75) is 20.0 Å². The monoisotopic (exact) mass is 197 g/mol. The minimum atomic E-state index is 0.166. The summed E-state index contributed by atoms with van der Waals surface area (Å²) < 4.78 is 5.41. The van der Waals surface area contributed by atoms with Crippen LogP contribution in [-0.4, -0.2) is 29.7 Å². The van der Waals surface area contributed by atoms with E-state index in [1.54, 1.807) is 0 Å². The predicted molar refractivity (Wildman–Crippen MR) is 53.7 cm³/mol. The summed E-state index contributed by atoms with van der Waals surface area (Å²) in [6.07, 6.45) is 5.13. The third-order valence-electron chi connectivity index (χ3n) is 1.84. The van der Waals surface area contributed by atoms with Gasteiger partial charge < -0.3 is 14.5 Å². The van der Waals surface area contributed by atoms with Gasteiger partial charge in [-0.25, -0.2) is 0 Å². The second-order valence-corrected chi connectivity index (χ2v) is 3.32. The van der Waals surface area contributed by atoms with Crippen molar-refractivity contribution in [3.63, 3.8) is 0 Å². The zero-order chi connectivity index (χ0) is 10.6. The van der Waals surface area contributed by atoms with E-state index in [0.29, 0.717) is 6.73 Å².